The van der Waals surface area contributed by atoms with Gasteiger partial charge in [0.2, 0.25) is 0 Å². The Kier molecular flexibility index (Phi) is 4.48. The molecule has 2 aromatic carbocycles. The van der Waals surface area contributed by atoms with Crippen molar-refractivity contribution < 1.29 is 23.8 Å². The second-order valence-electron chi connectivity index (χ2n) is 6.21. The predicted molar refractivity (Wildman–Crippen MR) is 94.8 cm³/mol. The zero-order valence-corrected chi connectivity index (χ0v) is 14.3. The van der Waals surface area contributed by atoms with E-state index in [-0.39, 0.29) is 12.5 Å². The van der Waals surface area contributed by atoms with Crippen molar-refractivity contribution in [2.24, 2.45) is 0 Å². The predicted octanol–water partition coefficient (Wildman–Crippen LogP) is 2.59. The van der Waals surface area contributed by atoms with Crippen LogP contribution in [0, 0.1) is 0 Å². The topological polar surface area (TPSA) is 65.1 Å². The zero-order valence-electron chi connectivity index (χ0n) is 14.3. The van der Waals surface area contributed by atoms with Crippen LogP contribution in [-0.4, -0.2) is 38.2 Å². The van der Waals surface area contributed by atoms with Crippen molar-refractivity contribution >= 4 is 17.6 Å². The molecule has 2 aromatic rings. The van der Waals surface area contributed by atoms with Crippen molar-refractivity contribution in [3.8, 4) is 11.5 Å². The number of benzene rings is 2. The Hall–Kier alpha value is -3.02. The van der Waals surface area contributed by atoms with Crippen LogP contribution in [0.25, 0.3) is 0 Å². The SMILES string of the molecule is O=C(OCC(=O)N1CCCc2ccccc21)c1ccc2c(c1)OCCO2. The van der Waals surface area contributed by atoms with E-state index in [2.05, 4.69) is 0 Å². The molecule has 26 heavy (non-hydrogen) atoms. The number of esters is 1. The van der Waals surface area contributed by atoms with E-state index < -0.39 is 5.97 Å². The minimum absolute atomic E-state index is 0.219. The van der Waals surface area contributed by atoms with Crippen LogP contribution < -0.4 is 14.4 Å². The number of nitrogens with zero attached hydrogens (tertiary/aromatic N) is 1. The lowest BCUT2D eigenvalue weighted by atomic mass is 10.0. The van der Waals surface area contributed by atoms with E-state index >= 15 is 0 Å². The van der Waals surface area contributed by atoms with Gasteiger partial charge in [-0.3, -0.25) is 4.79 Å². The van der Waals surface area contributed by atoms with E-state index in [0.29, 0.717) is 36.8 Å². The smallest absolute Gasteiger partial charge is 0.338 e. The quantitative estimate of drug-likeness (QED) is 0.794. The molecule has 0 saturated heterocycles. The molecule has 6 nitrogen and oxygen atoms in total. The van der Waals surface area contributed by atoms with Crippen molar-refractivity contribution in [2.75, 3.05) is 31.3 Å². The number of carbonyl (C=O) groups is 2. The second-order valence-corrected chi connectivity index (χ2v) is 6.21. The van der Waals surface area contributed by atoms with Crippen LogP contribution in [0.5, 0.6) is 11.5 Å². The maximum absolute atomic E-state index is 12.5. The van der Waals surface area contributed by atoms with Gasteiger partial charge in [-0.1, -0.05) is 18.2 Å². The summed E-state index contributed by atoms with van der Waals surface area (Å²) in [4.78, 5) is 26.5. The van der Waals surface area contributed by atoms with Gasteiger partial charge in [0.05, 0.1) is 5.56 Å². The first-order valence-electron chi connectivity index (χ1n) is 8.67. The fraction of sp³-hybridized carbons (Fsp3) is 0.300. The van der Waals surface area contributed by atoms with E-state index in [9.17, 15) is 9.59 Å². The van der Waals surface area contributed by atoms with Gasteiger partial charge in [0.15, 0.2) is 18.1 Å². The molecular formula is C20H19NO5. The Morgan fingerprint density at radius 3 is 2.73 bits per heavy atom. The molecule has 2 heterocycles. The molecule has 0 spiro atoms. The van der Waals surface area contributed by atoms with Crippen molar-refractivity contribution in [2.45, 2.75) is 12.8 Å². The minimum atomic E-state index is -0.555. The molecule has 0 saturated carbocycles. The van der Waals surface area contributed by atoms with Crippen molar-refractivity contribution in [3.63, 3.8) is 0 Å². The largest absolute Gasteiger partial charge is 0.486 e. The molecular weight excluding hydrogens is 334 g/mol. The number of fused-ring (bicyclic) bond motifs is 2. The van der Waals surface area contributed by atoms with E-state index in [1.54, 1.807) is 23.1 Å². The Morgan fingerprint density at radius 2 is 1.85 bits per heavy atom. The highest BCUT2D eigenvalue weighted by Crippen LogP contribution is 2.31. The second kappa shape index (κ2) is 7.07. The highest BCUT2D eigenvalue weighted by Gasteiger charge is 2.23. The van der Waals surface area contributed by atoms with Crippen LogP contribution in [0.2, 0.25) is 0 Å². The third-order valence-electron chi connectivity index (χ3n) is 4.52. The molecule has 1 amide bonds. The van der Waals surface area contributed by atoms with E-state index in [1.807, 2.05) is 24.3 Å². The fourth-order valence-corrected chi connectivity index (χ4v) is 3.25. The lowest BCUT2D eigenvalue weighted by Gasteiger charge is -2.29. The maximum atomic E-state index is 12.5. The van der Waals surface area contributed by atoms with Gasteiger partial charge in [-0.15, -0.1) is 0 Å². The first kappa shape index (κ1) is 16.4. The number of hydrogen-bond donors (Lipinski definition) is 0. The molecule has 0 aromatic heterocycles. The van der Waals surface area contributed by atoms with Gasteiger partial charge in [-0.25, -0.2) is 4.79 Å². The molecule has 4 rings (SSSR count). The summed E-state index contributed by atoms with van der Waals surface area (Å²) in [6.45, 7) is 1.28. The number of para-hydroxylation sites is 1. The highest BCUT2D eigenvalue weighted by atomic mass is 16.6. The Bertz CT molecular complexity index is 848. The number of ether oxygens (including phenoxy) is 3. The first-order valence-corrected chi connectivity index (χ1v) is 8.67. The number of aryl methyl sites for hydroxylation is 1. The Labute approximate surface area is 151 Å². The van der Waals surface area contributed by atoms with Crippen molar-refractivity contribution in [1.29, 1.82) is 0 Å². The monoisotopic (exact) mass is 353 g/mol. The number of rotatable bonds is 3. The molecule has 0 bridgehead atoms. The minimum Gasteiger partial charge on any atom is -0.486 e. The van der Waals surface area contributed by atoms with E-state index in [1.165, 1.54) is 0 Å². The summed E-state index contributed by atoms with van der Waals surface area (Å²) in [6, 6.07) is 12.7. The lowest BCUT2D eigenvalue weighted by Crippen LogP contribution is -2.38. The Morgan fingerprint density at radius 1 is 1.04 bits per heavy atom. The maximum Gasteiger partial charge on any atom is 0.338 e. The van der Waals surface area contributed by atoms with Crippen molar-refractivity contribution in [1.82, 2.24) is 0 Å². The van der Waals surface area contributed by atoms with Gasteiger partial charge >= 0.3 is 5.97 Å². The van der Waals surface area contributed by atoms with Gasteiger partial charge in [0.25, 0.3) is 5.91 Å². The van der Waals surface area contributed by atoms with Crippen LogP contribution in [0.15, 0.2) is 42.5 Å². The van der Waals surface area contributed by atoms with Crippen LogP contribution in [-0.2, 0) is 16.0 Å². The summed E-state index contributed by atoms with van der Waals surface area (Å²) in [7, 11) is 0. The van der Waals surface area contributed by atoms with Gasteiger partial charge in [0, 0.05) is 12.2 Å². The third kappa shape index (κ3) is 3.22. The number of carbonyl (C=O) groups excluding carboxylic acids is 2. The fourth-order valence-electron chi connectivity index (χ4n) is 3.25. The van der Waals surface area contributed by atoms with Gasteiger partial charge in [0.1, 0.15) is 13.2 Å². The third-order valence-corrected chi connectivity index (χ3v) is 4.52. The van der Waals surface area contributed by atoms with Gasteiger partial charge in [-0.05, 0) is 42.7 Å². The summed E-state index contributed by atoms with van der Waals surface area (Å²) in [5.74, 6) is 0.347. The molecule has 0 atom stereocenters. The van der Waals surface area contributed by atoms with E-state index in [4.69, 9.17) is 14.2 Å². The van der Waals surface area contributed by atoms with Crippen LogP contribution in [0.1, 0.15) is 22.3 Å². The van der Waals surface area contributed by atoms with E-state index in [0.717, 1.165) is 24.1 Å². The summed E-state index contributed by atoms with van der Waals surface area (Å²) >= 11 is 0. The molecule has 2 aliphatic rings. The van der Waals surface area contributed by atoms with Gasteiger partial charge in [-0.2, -0.15) is 0 Å². The first-order chi connectivity index (χ1) is 12.7. The molecule has 0 aliphatic carbocycles. The standard InChI is InChI=1S/C20H19NO5/c22-19(21-9-3-5-14-4-1-2-6-16(14)21)13-26-20(23)15-7-8-17-18(12-15)25-11-10-24-17/h1-2,4,6-8,12H,3,5,9-11,13H2. The van der Waals surface area contributed by atoms with Crippen LogP contribution in [0.4, 0.5) is 5.69 Å². The van der Waals surface area contributed by atoms with Gasteiger partial charge < -0.3 is 19.1 Å². The molecule has 0 radical (unpaired) electrons. The highest BCUT2D eigenvalue weighted by molar-refractivity contribution is 5.98. The van der Waals surface area contributed by atoms with Crippen LogP contribution >= 0.6 is 0 Å². The van der Waals surface area contributed by atoms with Crippen molar-refractivity contribution in [3.05, 3.63) is 53.6 Å². The molecule has 2 aliphatic heterocycles. The molecule has 0 N–H and O–H groups in total. The normalized spacial score (nSPS) is 15.2. The average Bonchev–Trinajstić information content (AvgIpc) is 2.71. The van der Waals surface area contributed by atoms with Crippen LogP contribution in [0.3, 0.4) is 0 Å². The molecule has 6 heteroatoms. The summed E-state index contributed by atoms with van der Waals surface area (Å²) < 4.78 is 16.1. The summed E-state index contributed by atoms with van der Waals surface area (Å²) in [5, 5.41) is 0. The Balaban J connectivity index is 1.41. The zero-order chi connectivity index (χ0) is 17.9. The lowest BCUT2D eigenvalue weighted by molar-refractivity contribution is -0.121. The molecule has 0 unspecified atom stereocenters. The average molecular weight is 353 g/mol. The number of hydrogen-bond acceptors (Lipinski definition) is 5. The summed E-state index contributed by atoms with van der Waals surface area (Å²) in [5.41, 5.74) is 2.38. The summed E-state index contributed by atoms with van der Waals surface area (Å²) in [6.07, 6.45) is 1.86. The molecule has 0 fully saturated rings. The molecule has 134 valence electrons. The number of anilines is 1. The number of amides is 1.